The average molecular weight is 405 g/mol. The van der Waals surface area contributed by atoms with Gasteiger partial charge in [-0.1, -0.05) is 51.1 Å². The molecule has 2 aromatic rings. The second-order valence-electron chi connectivity index (χ2n) is 6.95. The van der Waals surface area contributed by atoms with Crippen molar-refractivity contribution in [3.8, 4) is 0 Å². The van der Waals surface area contributed by atoms with Crippen LogP contribution >= 0.6 is 11.6 Å². The van der Waals surface area contributed by atoms with Gasteiger partial charge in [-0.2, -0.15) is 0 Å². The molecule has 5 heteroatoms. The fourth-order valence-corrected chi connectivity index (χ4v) is 3.23. The Kier molecular flexibility index (Phi) is 10.6. The number of carbonyl (C=O) groups excluding carboxylic acids is 2. The lowest BCUT2D eigenvalue weighted by Crippen LogP contribution is -2.21. The quantitative estimate of drug-likeness (QED) is 0.442. The summed E-state index contributed by atoms with van der Waals surface area (Å²) in [6.07, 6.45) is 6.53. The first-order valence-corrected chi connectivity index (χ1v) is 10.3. The van der Waals surface area contributed by atoms with Gasteiger partial charge in [-0.3, -0.25) is 4.79 Å². The maximum atomic E-state index is 12.5. The number of aliphatic carboxylic acids is 1. The zero-order chi connectivity index (χ0) is 21.1. The van der Waals surface area contributed by atoms with E-state index in [4.69, 9.17) is 11.6 Å². The van der Waals surface area contributed by atoms with Crippen LogP contribution in [0.3, 0.4) is 0 Å². The SMILES string of the molecule is CCCCCCCC(=O)[O-].CCc1cc(C)c(C(=O)c2ccc(Cl)cc2)n1C. The number of benzene rings is 1. The maximum absolute atomic E-state index is 12.5. The summed E-state index contributed by atoms with van der Waals surface area (Å²) in [7, 11) is 1.94. The van der Waals surface area contributed by atoms with Crippen LogP contribution in [0.15, 0.2) is 30.3 Å². The first-order chi connectivity index (χ1) is 13.3. The van der Waals surface area contributed by atoms with E-state index in [2.05, 4.69) is 19.9 Å². The molecule has 2 rings (SSSR count). The van der Waals surface area contributed by atoms with Gasteiger partial charge in [0.05, 0.1) is 5.69 Å². The first-order valence-electron chi connectivity index (χ1n) is 9.97. The highest BCUT2D eigenvalue weighted by atomic mass is 35.5. The number of hydrogen-bond donors (Lipinski definition) is 0. The zero-order valence-electron chi connectivity index (χ0n) is 17.4. The molecule has 0 bridgehead atoms. The number of carbonyl (C=O) groups is 2. The van der Waals surface area contributed by atoms with Crippen LogP contribution in [0.2, 0.25) is 5.02 Å². The van der Waals surface area contributed by atoms with E-state index >= 15 is 0 Å². The standard InChI is InChI=1S/C15H16ClNO.C8H16O2/c1-4-13-9-10(2)14(17(13)3)15(18)11-5-7-12(16)8-6-11;1-2-3-4-5-6-7-8(9)10/h5-9H,4H2,1-3H3;2-7H2,1H3,(H,9,10)/p-1. The molecule has 0 N–H and O–H groups in total. The molecule has 1 aromatic carbocycles. The Bertz CT molecular complexity index is 763. The molecule has 0 radical (unpaired) electrons. The topological polar surface area (TPSA) is 62.1 Å². The molecule has 0 fully saturated rings. The summed E-state index contributed by atoms with van der Waals surface area (Å²) in [5, 5.41) is 10.6. The van der Waals surface area contributed by atoms with Gasteiger partial charge in [-0.05, 0) is 62.1 Å². The third kappa shape index (κ3) is 7.51. The number of carboxylic acids is 1. The van der Waals surface area contributed by atoms with Crippen LogP contribution in [-0.2, 0) is 18.3 Å². The fraction of sp³-hybridized carbons (Fsp3) is 0.478. The third-order valence-corrected chi connectivity index (χ3v) is 4.94. The molecule has 0 saturated carbocycles. The van der Waals surface area contributed by atoms with Crippen LogP contribution in [0.5, 0.6) is 0 Å². The molecular formula is C23H31ClNO3-. The lowest BCUT2D eigenvalue weighted by Gasteiger charge is -2.07. The largest absolute Gasteiger partial charge is 0.550 e. The van der Waals surface area contributed by atoms with Crippen molar-refractivity contribution < 1.29 is 14.7 Å². The minimum Gasteiger partial charge on any atom is -0.550 e. The van der Waals surface area contributed by atoms with E-state index in [1.54, 1.807) is 24.3 Å². The summed E-state index contributed by atoms with van der Waals surface area (Å²) in [6.45, 7) is 6.20. The lowest BCUT2D eigenvalue weighted by atomic mass is 10.1. The van der Waals surface area contributed by atoms with Crippen LogP contribution in [-0.4, -0.2) is 16.3 Å². The number of nitrogens with zero attached hydrogens (tertiary/aromatic N) is 1. The maximum Gasteiger partial charge on any atom is 0.209 e. The Labute approximate surface area is 173 Å². The first kappa shape index (κ1) is 24.0. The molecule has 0 saturated heterocycles. The molecule has 154 valence electrons. The Balaban J connectivity index is 0.000000336. The summed E-state index contributed by atoms with van der Waals surface area (Å²) in [5.41, 5.74) is 3.62. The Morgan fingerprint density at radius 2 is 1.64 bits per heavy atom. The number of rotatable bonds is 9. The van der Waals surface area contributed by atoms with Gasteiger partial charge < -0.3 is 14.5 Å². The molecule has 4 nitrogen and oxygen atoms in total. The van der Waals surface area contributed by atoms with Crippen molar-refractivity contribution in [1.82, 2.24) is 4.57 Å². The molecule has 0 aliphatic rings. The van der Waals surface area contributed by atoms with Gasteiger partial charge in [-0.15, -0.1) is 0 Å². The van der Waals surface area contributed by atoms with E-state index in [0.29, 0.717) is 10.6 Å². The van der Waals surface area contributed by atoms with E-state index in [9.17, 15) is 14.7 Å². The van der Waals surface area contributed by atoms with Gasteiger partial charge in [0, 0.05) is 29.3 Å². The average Bonchev–Trinajstić information content (AvgIpc) is 2.95. The lowest BCUT2D eigenvalue weighted by molar-refractivity contribution is -0.305. The highest BCUT2D eigenvalue weighted by molar-refractivity contribution is 6.30. The predicted octanol–water partition coefficient (Wildman–Crippen LogP) is 4.88. The van der Waals surface area contributed by atoms with E-state index in [1.807, 2.05) is 18.5 Å². The second kappa shape index (κ2) is 12.4. The molecule has 0 aliphatic carbocycles. The molecule has 0 spiro atoms. The predicted molar refractivity (Wildman–Crippen MR) is 113 cm³/mol. The van der Waals surface area contributed by atoms with Gasteiger partial charge in [0.25, 0.3) is 0 Å². The summed E-state index contributed by atoms with van der Waals surface area (Å²) < 4.78 is 1.98. The van der Waals surface area contributed by atoms with Crippen molar-refractivity contribution in [3.63, 3.8) is 0 Å². The van der Waals surface area contributed by atoms with Gasteiger partial charge in [0.15, 0.2) is 0 Å². The van der Waals surface area contributed by atoms with Crippen molar-refractivity contribution in [2.24, 2.45) is 7.05 Å². The van der Waals surface area contributed by atoms with Crippen molar-refractivity contribution in [3.05, 3.63) is 57.9 Å². The molecule has 0 aliphatic heterocycles. The van der Waals surface area contributed by atoms with Crippen LogP contribution < -0.4 is 5.11 Å². The summed E-state index contributed by atoms with van der Waals surface area (Å²) >= 11 is 5.83. The molecule has 1 heterocycles. The number of aromatic nitrogens is 1. The number of unbranched alkanes of at least 4 members (excludes halogenated alkanes) is 4. The van der Waals surface area contributed by atoms with E-state index < -0.39 is 5.97 Å². The van der Waals surface area contributed by atoms with Crippen LogP contribution in [0.4, 0.5) is 0 Å². The van der Waals surface area contributed by atoms with Crippen molar-refractivity contribution >= 4 is 23.4 Å². The summed E-state index contributed by atoms with van der Waals surface area (Å²) in [6, 6.07) is 9.09. The second-order valence-corrected chi connectivity index (χ2v) is 7.39. The minimum absolute atomic E-state index is 0.0476. The number of halogens is 1. The highest BCUT2D eigenvalue weighted by Crippen LogP contribution is 2.19. The molecule has 1 aromatic heterocycles. The summed E-state index contributed by atoms with van der Waals surface area (Å²) in [5.74, 6) is -0.872. The van der Waals surface area contributed by atoms with Crippen molar-refractivity contribution in [2.45, 2.75) is 65.7 Å². The molecule has 28 heavy (non-hydrogen) atoms. The Morgan fingerprint density at radius 1 is 1.04 bits per heavy atom. The molecular weight excluding hydrogens is 374 g/mol. The summed E-state index contributed by atoms with van der Waals surface area (Å²) in [4.78, 5) is 22.4. The fourth-order valence-electron chi connectivity index (χ4n) is 3.10. The van der Waals surface area contributed by atoms with Gasteiger partial charge in [0.1, 0.15) is 0 Å². The van der Waals surface area contributed by atoms with Crippen LogP contribution in [0, 0.1) is 6.92 Å². The van der Waals surface area contributed by atoms with E-state index in [0.717, 1.165) is 36.9 Å². The highest BCUT2D eigenvalue weighted by Gasteiger charge is 2.17. The number of hydrogen-bond acceptors (Lipinski definition) is 3. The number of ketones is 1. The molecule has 0 amide bonds. The smallest absolute Gasteiger partial charge is 0.209 e. The minimum atomic E-state index is -0.920. The van der Waals surface area contributed by atoms with Gasteiger partial charge in [-0.25, -0.2) is 0 Å². The monoisotopic (exact) mass is 404 g/mol. The van der Waals surface area contributed by atoms with E-state index in [-0.39, 0.29) is 12.2 Å². The Hall–Kier alpha value is -2.07. The molecule has 0 atom stereocenters. The number of aryl methyl sites for hydroxylation is 2. The van der Waals surface area contributed by atoms with Crippen LogP contribution in [0.25, 0.3) is 0 Å². The van der Waals surface area contributed by atoms with Gasteiger partial charge >= 0.3 is 0 Å². The van der Waals surface area contributed by atoms with Gasteiger partial charge in [0.2, 0.25) is 5.78 Å². The number of carboxylic acid groups (broad SMARTS) is 1. The van der Waals surface area contributed by atoms with Crippen molar-refractivity contribution in [1.29, 1.82) is 0 Å². The normalized spacial score (nSPS) is 10.3. The van der Waals surface area contributed by atoms with E-state index in [1.165, 1.54) is 18.5 Å². The Morgan fingerprint density at radius 3 is 2.14 bits per heavy atom. The van der Waals surface area contributed by atoms with Crippen LogP contribution in [0.1, 0.15) is 79.7 Å². The molecule has 0 unspecified atom stereocenters. The zero-order valence-corrected chi connectivity index (χ0v) is 18.1. The third-order valence-electron chi connectivity index (χ3n) is 4.69. The van der Waals surface area contributed by atoms with Crippen molar-refractivity contribution in [2.75, 3.05) is 0 Å².